The highest BCUT2D eigenvalue weighted by atomic mass is 79.9. The number of hydrogen-bond donors (Lipinski definition) is 1. The lowest BCUT2D eigenvalue weighted by atomic mass is 9.82. The molecule has 1 N–H and O–H groups in total. The summed E-state index contributed by atoms with van der Waals surface area (Å²) < 4.78 is 0.772. The molecule has 0 aromatic heterocycles. The Morgan fingerprint density at radius 2 is 2.05 bits per heavy atom. The first-order chi connectivity index (χ1) is 9.06. The molecule has 100 valence electrons. The first kappa shape index (κ1) is 14.1. The molecule has 1 saturated carbocycles. The van der Waals surface area contributed by atoms with E-state index in [0.29, 0.717) is 5.56 Å². The normalized spacial score (nSPS) is 17.5. The number of hydrogen-bond acceptors (Lipinski definition) is 2. The number of benzene rings is 1. The molecular formula is C15H17BrN2O. The molecule has 3 nitrogen and oxygen atoms in total. The Morgan fingerprint density at radius 3 is 2.63 bits per heavy atom. The van der Waals surface area contributed by atoms with Crippen molar-refractivity contribution in [1.82, 2.24) is 5.32 Å². The van der Waals surface area contributed by atoms with Crippen LogP contribution in [0.1, 0.15) is 48.0 Å². The highest BCUT2D eigenvalue weighted by Crippen LogP contribution is 2.28. The number of nitriles is 1. The summed E-state index contributed by atoms with van der Waals surface area (Å²) in [6.45, 7) is 1.98. The van der Waals surface area contributed by atoms with E-state index in [0.717, 1.165) is 42.1 Å². The summed E-state index contributed by atoms with van der Waals surface area (Å²) in [4.78, 5) is 12.3. The Bertz CT molecular complexity index is 527. The van der Waals surface area contributed by atoms with Crippen LogP contribution in [0.5, 0.6) is 0 Å². The second-order valence-corrected chi connectivity index (χ2v) is 6.05. The number of carbonyl (C=O) groups is 1. The zero-order valence-electron chi connectivity index (χ0n) is 11.0. The van der Waals surface area contributed by atoms with Gasteiger partial charge in [0.25, 0.3) is 5.91 Å². The van der Waals surface area contributed by atoms with E-state index in [1.807, 2.05) is 19.1 Å². The summed E-state index contributed by atoms with van der Waals surface area (Å²) >= 11 is 3.41. The molecule has 1 aromatic rings. The fourth-order valence-electron chi connectivity index (χ4n) is 2.51. The number of nitrogens with one attached hydrogen (secondary N) is 1. The number of rotatable bonds is 2. The van der Waals surface area contributed by atoms with Crippen molar-refractivity contribution >= 4 is 21.8 Å². The third-order valence-corrected chi connectivity index (χ3v) is 4.30. The lowest BCUT2D eigenvalue weighted by Crippen LogP contribution is -2.48. The van der Waals surface area contributed by atoms with Crippen LogP contribution in [0.25, 0.3) is 0 Å². The van der Waals surface area contributed by atoms with Crippen LogP contribution < -0.4 is 5.32 Å². The quantitative estimate of drug-likeness (QED) is 0.903. The molecule has 1 fully saturated rings. The van der Waals surface area contributed by atoms with Gasteiger partial charge in [0.15, 0.2) is 0 Å². The molecule has 0 saturated heterocycles. The van der Waals surface area contributed by atoms with Gasteiger partial charge < -0.3 is 5.32 Å². The Morgan fingerprint density at radius 1 is 1.37 bits per heavy atom. The molecule has 0 heterocycles. The van der Waals surface area contributed by atoms with Crippen LogP contribution in [-0.2, 0) is 0 Å². The summed E-state index contributed by atoms with van der Waals surface area (Å²) in [5.41, 5.74) is 1.00. The molecule has 0 atom stereocenters. The summed E-state index contributed by atoms with van der Waals surface area (Å²) in [6.07, 6.45) is 4.65. The average Bonchev–Trinajstić information content (AvgIpc) is 2.39. The standard InChI is InChI=1S/C15H17BrN2O/c1-11-5-6-12(13(16)9-11)14(19)18-15(10-17)7-3-2-4-8-15/h5-6,9H,2-4,7-8H2,1H3,(H,18,19). The second kappa shape index (κ2) is 5.75. The number of carbonyl (C=O) groups excluding carboxylic acids is 1. The third kappa shape index (κ3) is 3.16. The predicted octanol–water partition coefficient (Wildman–Crippen LogP) is 3.71. The molecule has 0 bridgehead atoms. The van der Waals surface area contributed by atoms with Gasteiger partial charge in [-0.3, -0.25) is 4.79 Å². The van der Waals surface area contributed by atoms with Gasteiger partial charge in [0.05, 0.1) is 11.6 Å². The van der Waals surface area contributed by atoms with Gasteiger partial charge in [0.1, 0.15) is 5.54 Å². The Kier molecular flexibility index (Phi) is 4.26. The Hall–Kier alpha value is -1.34. The number of nitrogens with zero attached hydrogens (tertiary/aromatic N) is 1. The molecule has 2 rings (SSSR count). The largest absolute Gasteiger partial charge is 0.334 e. The maximum atomic E-state index is 12.3. The maximum Gasteiger partial charge on any atom is 0.253 e. The van der Waals surface area contributed by atoms with Gasteiger partial charge in [0, 0.05) is 4.47 Å². The third-order valence-electron chi connectivity index (χ3n) is 3.64. The van der Waals surface area contributed by atoms with E-state index < -0.39 is 5.54 Å². The fraction of sp³-hybridized carbons (Fsp3) is 0.467. The van der Waals surface area contributed by atoms with Crippen molar-refractivity contribution in [1.29, 1.82) is 5.26 Å². The summed E-state index contributed by atoms with van der Waals surface area (Å²) in [5.74, 6) is -0.171. The monoisotopic (exact) mass is 320 g/mol. The molecule has 19 heavy (non-hydrogen) atoms. The van der Waals surface area contributed by atoms with E-state index in [-0.39, 0.29) is 5.91 Å². The van der Waals surface area contributed by atoms with Gasteiger partial charge in [-0.1, -0.05) is 25.3 Å². The van der Waals surface area contributed by atoms with Gasteiger partial charge >= 0.3 is 0 Å². The van der Waals surface area contributed by atoms with E-state index in [9.17, 15) is 10.1 Å². The topological polar surface area (TPSA) is 52.9 Å². The minimum Gasteiger partial charge on any atom is -0.334 e. The fourth-order valence-corrected chi connectivity index (χ4v) is 3.18. The molecule has 4 heteroatoms. The van der Waals surface area contributed by atoms with Crippen LogP contribution in [-0.4, -0.2) is 11.4 Å². The minimum atomic E-state index is -0.681. The first-order valence-corrected chi connectivity index (χ1v) is 7.35. The summed E-state index contributed by atoms with van der Waals surface area (Å²) in [5, 5.41) is 12.3. The average molecular weight is 321 g/mol. The van der Waals surface area contributed by atoms with Crippen molar-refractivity contribution in [3.05, 3.63) is 33.8 Å². The van der Waals surface area contributed by atoms with Crippen LogP contribution >= 0.6 is 15.9 Å². The van der Waals surface area contributed by atoms with E-state index in [1.54, 1.807) is 6.07 Å². The van der Waals surface area contributed by atoms with Crippen molar-refractivity contribution in [2.75, 3.05) is 0 Å². The number of aryl methyl sites for hydroxylation is 1. The van der Waals surface area contributed by atoms with Gasteiger partial charge in [-0.2, -0.15) is 5.26 Å². The van der Waals surface area contributed by atoms with Crippen LogP contribution in [0.2, 0.25) is 0 Å². The molecule has 1 aromatic carbocycles. The SMILES string of the molecule is Cc1ccc(C(=O)NC2(C#N)CCCCC2)c(Br)c1. The van der Waals surface area contributed by atoms with Gasteiger partial charge in [-0.15, -0.1) is 0 Å². The lowest BCUT2D eigenvalue weighted by molar-refractivity contribution is 0.0902. The second-order valence-electron chi connectivity index (χ2n) is 5.19. The highest BCUT2D eigenvalue weighted by molar-refractivity contribution is 9.10. The predicted molar refractivity (Wildman–Crippen MR) is 77.8 cm³/mol. The molecule has 0 aliphatic heterocycles. The first-order valence-electron chi connectivity index (χ1n) is 6.56. The Labute approximate surface area is 122 Å². The van der Waals surface area contributed by atoms with Gasteiger partial charge in [0.2, 0.25) is 0 Å². The van der Waals surface area contributed by atoms with Crippen molar-refractivity contribution in [2.45, 2.75) is 44.6 Å². The van der Waals surface area contributed by atoms with Crippen LogP contribution in [0, 0.1) is 18.3 Å². The smallest absolute Gasteiger partial charge is 0.253 e. The van der Waals surface area contributed by atoms with Crippen LogP contribution in [0.3, 0.4) is 0 Å². The van der Waals surface area contributed by atoms with Crippen LogP contribution in [0.4, 0.5) is 0 Å². The maximum absolute atomic E-state index is 12.3. The van der Waals surface area contributed by atoms with E-state index in [2.05, 4.69) is 27.3 Å². The van der Waals surface area contributed by atoms with Crippen LogP contribution in [0.15, 0.2) is 22.7 Å². The van der Waals surface area contributed by atoms with Gasteiger partial charge in [-0.25, -0.2) is 0 Å². The van der Waals surface area contributed by atoms with E-state index in [1.165, 1.54) is 0 Å². The minimum absolute atomic E-state index is 0.171. The summed E-state index contributed by atoms with van der Waals surface area (Å²) in [6, 6.07) is 7.91. The van der Waals surface area contributed by atoms with E-state index >= 15 is 0 Å². The van der Waals surface area contributed by atoms with Crippen molar-refractivity contribution < 1.29 is 4.79 Å². The molecule has 0 unspecified atom stereocenters. The molecule has 1 aliphatic carbocycles. The van der Waals surface area contributed by atoms with Crippen molar-refractivity contribution in [3.63, 3.8) is 0 Å². The molecule has 1 amide bonds. The zero-order valence-corrected chi connectivity index (χ0v) is 12.6. The highest BCUT2D eigenvalue weighted by Gasteiger charge is 2.34. The molecule has 0 radical (unpaired) electrons. The van der Waals surface area contributed by atoms with Crippen molar-refractivity contribution in [3.8, 4) is 6.07 Å². The molecule has 1 aliphatic rings. The Balaban J connectivity index is 2.18. The van der Waals surface area contributed by atoms with Gasteiger partial charge in [-0.05, 0) is 53.4 Å². The number of amides is 1. The van der Waals surface area contributed by atoms with E-state index in [4.69, 9.17) is 0 Å². The lowest BCUT2D eigenvalue weighted by Gasteiger charge is -2.31. The van der Waals surface area contributed by atoms with Crippen molar-refractivity contribution in [2.24, 2.45) is 0 Å². The molecule has 0 spiro atoms. The molecular weight excluding hydrogens is 304 g/mol. The number of halogens is 1. The zero-order chi connectivity index (χ0) is 13.9. The summed E-state index contributed by atoms with van der Waals surface area (Å²) in [7, 11) is 0.